The number of hydrogen-bond acceptors (Lipinski definition) is 2. The third-order valence-electron chi connectivity index (χ3n) is 4.10. The number of Topliss-reactive ketones (excluding diaryl/α,β-unsaturated/α-hetero) is 1. The van der Waals surface area contributed by atoms with Crippen molar-refractivity contribution in [2.24, 2.45) is 0 Å². The zero-order valence-corrected chi connectivity index (χ0v) is 12.0. The van der Waals surface area contributed by atoms with E-state index >= 15 is 0 Å². The van der Waals surface area contributed by atoms with E-state index in [-0.39, 0.29) is 5.78 Å². The van der Waals surface area contributed by atoms with Gasteiger partial charge in [-0.2, -0.15) is 0 Å². The van der Waals surface area contributed by atoms with Crippen molar-refractivity contribution in [2.45, 2.75) is 18.8 Å². The fraction of sp³-hybridized carbons (Fsp3) is 0.278. The first-order valence-electron chi connectivity index (χ1n) is 7.03. The number of hydrogen-bond donors (Lipinski definition) is 0. The van der Waals surface area contributed by atoms with Gasteiger partial charge in [0, 0.05) is 31.8 Å². The molecule has 3 rings (SSSR count). The van der Waals surface area contributed by atoms with E-state index in [4.69, 9.17) is 0 Å². The summed E-state index contributed by atoms with van der Waals surface area (Å²) in [6.07, 6.45) is 1.66. The fourth-order valence-corrected chi connectivity index (χ4v) is 2.83. The number of benzene rings is 2. The Morgan fingerprint density at radius 2 is 1.80 bits per heavy atom. The molecule has 0 saturated heterocycles. The van der Waals surface area contributed by atoms with Gasteiger partial charge in [-0.15, -0.1) is 0 Å². The smallest absolute Gasteiger partial charge is 0.163 e. The number of ketones is 1. The minimum atomic E-state index is 0.245. The van der Waals surface area contributed by atoms with Gasteiger partial charge < -0.3 is 4.90 Å². The van der Waals surface area contributed by atoms with E-state index in [9.17, 15) is 4.79 Å². The van der Waals surface area contributed by atoms with Crippen molar-refractivity contribution in [3.63, 3.8) is 0 Å². The Hall–Kier alpha value is -2.09. The van der Waals surface area contributed by atoms with E-state index in [1.165, 1.54) is 11.1 Å². The quantitative estimate of drug-likeness (QED) is 0.786. The molecule has 1 unspecified atom stereocenters. The molecule has 0 aliphatic heterocycles. The Morgan fingerprint density at radius 1 is 1.10 bits per heavy atom. The van der Waals surface area contributed by atoms with Crippen molar-refractivity contribution in [3.05, 3.63) is 65.2 Å². The summed E-state index contributed by atoms with van der Waals surface area (Å²) < 4.78 is 0. The standard InChI is InChI=1S/C18H19NO/c1-19(2)16-9-7-13(8-10-16)18(20)12-15-11-14-5-3-4-6-17(14)15/h3-10,15H,11-12H2,1-2H3. The molecule has 2 heteroatoms. The van der Waals surface area contributed by atoms with Gasteiger partial charge in [-0.25, -0.2) is 0 Å². The highest BCUT2D eigenvalue weighted by molar-refractivity contribution is 5.97. The molecule has 0 bridgehead atoms. The Morgan fingerprint density at radius 3 is 2.45 bits per heavy atom. The molecule has 1 aliphatic carbocycles. The average Bonchev–Trinajstić information content (AvgIpc) is 2.44. The lowest BCUT2D eigenvalue weighted by Gasteiger charge is -2.29. The summed E-state index contributed by atoms with van der Waals surface area (Å²) in [7, 11) is 4.00. The number of carbonyl (C=O) groups is 1. The van der Waals surface area contributed by atoms with Crippen molar-refractivity contribution >= 4 is 11.5 Å². The fourth-order valence-electron chi connectivity index (χ4n) is 2.83. The molecule has 0 heterocycles. The second kappa shape index (κ2) is 5.12. The second-order valence-corrected chi connectivity index (χ2v) is 5.67. The normalized spacial score (nSPS) is 16.2. The van der Waals surface area contributed by atoms with Crippen molar-refractivity contribution in [3.8, 4) is 0 Å². The van der Waals surface area contributed by atoms with Gasteiger partial charge in [0.05, 0.1) is 0 Å². The minimum Gasteiger partial charge on any atom is -0.378 e. The minimum absolute atomic E-state index is 0.245. The van der Waals surface area contributed by atoms with Crippen LogP contribution in [0.4, 0.5) is 5.69 Å². The average molecular weight is 265 g/mol. The topological polar surface area (TPSA) is 20.3 Å². The molecule has 102 valence electrons. The number of anilines is 1. The van der Waals surface area contributed by atoms with Crippen LogP contribution in [0.15, 0.2) is 48.5 Å². The highest BCUT2D eigenvalue weighted by atomic mass is 16.1. The van der Waals surface area contributed by atoms with Gasteiger partial charge in [-0.1, -0.05) is 24.3 Å². The SMILES string of the molecule is CN(C)c1ccc(C(=O)CC2Cc3ccccc32)cc1. The molecule has 1 atom stereocenters. The van der Waals surface area contributed by atoms with Crippen LogP contribution in [-0.2, 0) is 6.42 Å². The van der Waals surface area contributed by atoms with Gasteiger partial charge in [-0.3, -0.25) is 4.79 Å². The third-order valence-corrected chi connectivity index (χ3v) is 4.10. The van der Waals surface area contributed by atoms with Crippen LogP contribution < -0.4 is 4.90 Å². The lowest BCUT2D eigenvalue weighted by molar-refractivity contribution is 0.0970. The van der Waals surface area contributed by atoms with Gasteiger partial charge in [-0.05, 0) is 47.7 Å². The maximum atomic E-state index is 12.3. The summed E-state index contributed by atoms with van der Waals surface area (Å²) in [5.74, 6) is 0.655. The molecule has 0 fully saturated rings. The zero-order chi connectivity index (χ0) is 14.1. The first kappa shape index (κ1) is 12.9. The number of fused-ring (bicyclic) bond motifs is 1. The molecule has 2 nitrogen and oxygen atoms in total. The zero-order valence-electron chi connectivity index (χ0n) is 12.0. The molecule has 0 spiro atoms. The van der Waals surface area contributed by atoms with Crippen molar-refractivity contribution in [1.29, 1.82) is 0 Å². The van der Waals surface area contributed by atoms with Gasteiger partial charge in [0.25, 0.3) is 0 Å². The highest BCUT2D eigenvalue weighted by Crippen LogP contribution is 2.37. The first-order valence-corrected chi connectivity index (χ1v) is 7.03. The molecule has 2 aromatic carbocycles. The Labute approximate surface area is 120 Å². The number of rotatable bonds is 4. The van der Waals surface area contributed by atoms with Crippen LogP contribution in [0.3, 0.4) is 0 Å². The molecular formula is C18H19NO. The van der Waals surface area contributed by atoms with Crippen LogP contribution in [-0.4, -0.2) is 19.9 Å². The maximum absolute atomic E-state index is 12.3. The Balaban J connectivity index is 1.69. The number of nitrogens with zero attached hydrogens (tertiary/aromatic N) is 1. The maximum Gasteiger partial charge on any atom is 0.163 e. The molecule has 20 heavy (non-hydrogen) atoms. The van der Waals surface area contributed by atoms with Crippen LogP contribution in [0.5, 0.6) is 0 Å². The molecular weight excluding hydrogens is 246 g/mol. The monoisotopic (exact) mass is 265 g/mol. The number of carbonyl (C=O) groups excluding carboxylic acids is 1. The van der Waals surface area contributed by atoms with E-state index in [0.717, 1.165) is 17.7 Å². The van der Waals surface area contributed by atoms with Crippen LogP contribution in [0, 0.1) is 0 Å². The largest absolute Gasteiger partial charge is 0.378 e. The van der Waals surface area contributed by atoms with Gasteiger partial charge in [0.15, 0.2) is 5.78 Å². The van der Waals surface area contributed by atoms with E-state index in [1.54, 1.807) is 0 Å². The van der Waals surface area contributed by atoms with Gasteiger partial charge in [0.1, 0.15) is 0 Å². The predicted molar refractivity (Wildman–Crippen MR) is 82.6 cm³/mol. The summed E-state index contributed by atoms with van der Waals surface area (Å²) in [5, 5.41) is 0. The van der Waals surface area contributed by atoms with Crippen molar-refractivity contribution in [1.82, 2.24) is 0 Å². The van der Waals surface area contributed by atoms with E-state index in [2.05, 4.69) is 24.3 Å². The van der Waals surface area contributed by atoms with Crippen LogP contribution in [0.1, 0.15) is 33.8 Å². The van der Waals surface area contributed by atoms with Crippen LogP contribution in [0.2, 0.25) is 0 Å². The lowest BCUT2D eigenvalue weighted by atomic mass is 9.74. The predicted octanol–water partition coefficient (Wildman–Crippen LogP) is 3.67. The van der Waals surface area contributed by atoms with Crippen molar-refractivity contribution < 1.29 is 4.79 Å². The molecule has 0 saturated carbocycles. The summed E-state index contributed by atoms with van der Waals surface area (Å²) in [4.78, 5) is 14.4. The first-order chi connectivity index (χ1) is 9.65. The summed E-state index contributed by atoms with van der Waals surface area (Å²) in [5.41, 5.74) is 4.69. The summed E-state index contributed by atoms with van der Waals surface area (Å²) in [6.45, 7) is 0. The van der Waals surface area contributed by atoms with Gasteiger partial charge >= 0.3 is 0 Å². The molecule has 1 aliphatic rings. The summed E-state index contributed by atoms with van der Waals surface area (Å²) in [6, 6.07) is 16.3. The lowest BCUT2D eigenvalue weighted by Crippen LogP contribution is -2.20. The van der Waals surface area contributed by atoms with Crippen LogP contribution in [0.25, 0.3) is 0 Å². The molecule has 0 radical (unpaired) electrons. The molecule has 0 N–H and O–H groups in total. The third kappa shape index (κ3) is 2.34. The second-order valence-electron chi connectivity index (χ2n) is 5.67. The van der Waals surface area contributed by atoms with E-state index in [0.29, 0.717) is 12.3 Å². The molecule has 0 aromatic heterocycles. The van der Waals surface area contributed by atoms with Crippen molar-refractivity contribution in [2.75, 3.05) is 19.0 Å². The van der Waals surface area contributed by atoms with Gasteiger partial charge in [0.2, 0.25) is 0 Å². The van der Waals surface area contributed by atoms with E-state index in [1.807, 2.05) is 43.3 Å². The Bertz CT molecular complexity index is 628. The highest BCUT2D eigenvalue weighted by Gasteiger charge is 2.27. The summed E-state index contributed by atoms with van der Waals surface area (Å²) >= 11 is 0. The molecule has 2 aromatic rings. The molecule has 0 amide bonds. The van der Waals surface area contributed by atoms with Crippen LogP contribution >= 0.6 is 0 Å². The van der Waals surface area contributed by atoms with E-state index < -0.39 is 0 Å². The Kier molecular flexibility index (Phi) is 3.31.